The zero-order chi connectivity index (χ0) is 25.8. The number of rotatable bonds is 3. The second kappa shape index (κ2) is 8.74. The van der Waals surface area contributed by atoms with Crippen LogP contribution in [0, 0.1) is 11.2 Å². The van der Waals surface area contributed by atoms with E-state index in [2.05, 4.69) is 15.7 Å². The Morgan fingerprint density at radius 2 is 1.89 bits per heavy atom. The summed E-state index contributed by atoms with van der Waals surface area (Å²) in [6.45, 7) is 7.04. The van der Waals surface area contributed by atoms with E-state index in [0.717, 1.165) is 31.2 Å². The van der Waals surface area contributed by atoms with Gasteiger partial charge in [-0.2, -0.15) is 5.10 Å². The van der Waals surface area contributed by atoms with Crippen LogP contribution in [0.25, 0.3) is 10.9 Å². The second-order valence-corrected chi connectivity index (χ2v) is 11.6. The van der Waals surface area contributed by atoms with Gasteiger partial charge in [-0.05, 0) is 65.0 Å². The fourth-order valence-corrected chi connectivity index (χ4v) is 5.76. The number of nitrogens with zero attached hydrogens (tertiary/aromatic N) is 3. The summed E-state index contributed by atoms with van der Waals surface area (Å²) in [7, 11) is 1.77. The molecule has 1 aromatic carbocycles. The number of carbonyl (C=O) groups excluding carboxylic acids is 3. The molecular formula is C26H34FN5O4. The number of likely N-dealkylation sites (tertiary alicyclic amines) is 1. The van der Waals surface area contributed by atoms with Crippen LogP contribution in [0.15, 0.2) is 12.1 Å². The van der Waals surface area contributed by atoms with E-state index in [9.17, 15) is 14.4 Å². The SMILES string of the molecule is Cn1nc(C2CCC(=O)NC2=O)c2cc(F)c(NC3CCC4(CC3)CN(C(=O)OC(C)(C)C)C4)cc21. The molecule has 1 spiro atoms. The van der Waals surface area contributed by atoms with Crippen LogP contribution in [0.1, 0.15) is 70.9 Å². The average Bonchev–Trinajstić information content (AvgIpc) is 3.07. The van der Waals surface area contributed by atoms with Gasteiger partial charge in [-0.15, -0.1) is 0 Å². The molecule has 2 saturated heterocycles. The Morgan fingerprint density at radius 3 is 2.53 bits per heavy atom. The van der Waals surface area contributed by atoms with Crippen LogP contribution in [0.4, 0.5) is 14.9 Å². The number of amides is 3. The molecule has 1 atom stereocenters. The molecule has 1 aromatic heterocycles. The van der Waals surface area contributed by atoms with Gasteiger partial charge in [0.05, 0.1) is 22.8 Å². The minimum atomic E-state index is -0.568. The number of imide groups is 1. The molecule has 3 amide bonds. The van der Waals surface area contributed by atoms with Crippen LogP contribution < -0.4 is 10.6 Å². The molecule has 0 radical (unpaired) electrons. The number of piperidine rings is 1. The Labute approximate surface area is 209 Å². The number of ether oxygens (including phenoxy) is 1. The zero-order valence-corrected chi connectivity index (χ0v) is 21.3. The van der Waals surface area contributed by atoms with Gasteiger partial charge in [0.1, 0.15) is 11.4 Å². The summed E-state index contributed by atoms with van der Waals surface area (Å²) >= 11 is 0. The first kappa shape index (κ1) is 24.5. The summed E-state index contributed by atoms with van der Waals surface area (Å²) in [5.74, 6) is -1.62. The molecule has 3 fully saturated rings. The molecule has 36 heavy (non-hydrogen) atoms. The quantitative estimate of drug-likeness (QED) is 0.622. The van der Waals surface area contributed by atoms with Gasteiger partial charge in [0.25, 0.3) is 0 Å². The van der Waals surface area contributed by atoms with E-state index < -0.39 is 11.5 Å². The monoisotopic (exact) mass is 499 g/mol. The first-order valence-electron chi connectivity index (χ1n) is 12.7. The van der Waals surface area contributed by atoms with Gasteiger partial charge in [0, 0.05) is 43.4 Å². The third kappa shape index (κ3) is 4.65. The van der Waals surface area contributed by atoms with Crippen molar-refractivity contribution in [2.75, 3.05) is 18.4 Å². The van der Waals surface area contributed by atoms with E-state index in [0.29, 0.717) is 36.3 Å². The largest absolute Gasteiger partial charge is 0.444 e. The molecular weight excluding hydrogens is 465 g/mol. The molecule has 3 aliphatic rings. The maximum absolute atomic E-state index is 15.2. The third-order valence-electron chi connectivity index (χ3n) is 7.65. The lowest BCUT2D eigenvalue weighted by Gasteiger charge is -2.53. The van der Waals surface area contributed by atoms with E-state index in [4.69, 9.17) is 4.74 Å². The number of carbonyl (C=O) groups is 3. The minimum absolute atomic E-state index is 0.135. The lowest BCUT2D eigenvalue weighted by atomic mass is 9.67. The standard InChI is InChI=1S/C26H34FN5O4/c1-25(2,3)36-24(35)32-13-26(14-32)9-7-15(8-10-26)28-19-12-20-17(11-18(19)27)22(30-31(20)4)16-5-6-21(33)29-23(16)34/h11-12,15-16,28H,5-10,13-14H2,1-4H3,(H,29,33,34). The van der Waals surface area contributed by atoms with Crippen molar-refractivity contribution >= 4 is 34.5 Å². The fourth-order valence-electron chi connectivity index (χ4n) is 5.76. The first-order valence-corrected chi connectivity index (χ1v) is 12.7. The van der Waals surface area contributed by atoms with Gasteiger partial charge in [-0.25, -0.2) is 9.18 Å². The Balaban J connectivity index is 1.23. The van der Waals surface area contributed by atoms with Crippen molar-refractivity contribution in [3.8, 4) is 0 Å². The number of hydrogen-bond donors (Lipinski definition) is 2. The summed E-state index contributed by atoms with van der Waals surface area (Å²) in [5.41, 5.74) is 1.30. The molecule has 2 aromatic rings. The lowest BCUT2D eigenvalue weighted by Crippen LogP contribution is -2.60. The predicted octanol–water partition coefficient (Wildman–Crippen LogP) is 3.82. The summed E-state index contributed by atoms with van der Waals surface area (Å²) < 4.78 is 22.3. The lowest BCUT2D eigenvalue weighted by molar-refractivity contribution is -0.134. The molecule has 3 heterocycles. The van der Waals surface area contributed by atoms with Crippen molar-refractivity contribution < 1.29 is 23.5 Å². The number of halogens is 1. The van der Waals surface area contributed by atoms with Crippen LogP contribution in [-0.2, 0) is 21.4 Å². The summed E-state index contributed by atoms with van der Waals surface area (Å²) in [5, 5.41) is 10.8. The smallest absolute Gasteiger partial charge is 0.410 e. The van der Waals surface area contributed by atoms with Gasteiger partial charge >= 0.3 is 6.09 Å². The summed E-state index contributed by atoms with van der Waals surface area (Å²) in [6.07, 6.45) is 4.09. The molecule has 2 N–H and O–H groups in total. The van der Waals surface area contributed by atoms with Crippen molar-refractivity contribution in [2.24, 2.45) is 12.5 Å². The van der Waals surface area contributed by atoms with Gasteiger partial charge in [0.2, 0.25) is 11.8 Å². The van der Waals surface area contributed by atoms with E-state index in [1.165, 1.54) is 6.07 Å². The Bertz CT molecular complexity index is 1220. The number of aryl methyl sites for hydroxylation is 1. The van der Waals surface area contributed by atoms with E-state index in [1.54, 1.807) is 22.7 Å². The molecule has 0 bridgehead atoms. The highest BCUT2D eigenvalue weighted by Crippen LogP contribution is 2.45. The van der Waals surface area contributed by atoms with Gasteiger partial charge < -0.3 is 15.0 Å². The molecule has 1 unspecified atom stereocenters. The van der Waals surface area contributed by atoms with Gasteiger partial charge in [-0.1, -0.05) is 0 Å². The highest BCUT2D eigenvalue weighted by Gasteiger charge is 2.48. The predicted molar refractivity (Wildman–Crippen MR) is 132 cm³/mol. The zero-order valence-electron chi connectivity index (χ0n) is 21.3. The summed E-state index contributed by atoms with van der Waals surface area (Å²) in [4.78, 5) is 37.9. The second-order valence-electron chi connectivity index (χ2n) is 11.6. The fraction of sp³-hybridized carbons (Fsp3) is 0.615. The van der Waals surface area contributed by atoms with Crippen LogP contribution in [0.2, 0.25) is 0 Å². The van der Waals surface area contributed by atoms with E-state index in [-0.39, 0.29) is 41.6 Å². The number of aromatic nitrogens is 2. The van der Waals surface area contributed by atoms with Crippen LogP contribution in [0.3, 0.4) is 0 Å². The molecule has 1 aliphatic carbocycles. The Morgan fingerprint density at radius 1 is 1.19 bits per heavy atom. The van der Waals surface area contributed by atoms with Gasteiger partial charge in [0.15, 0.2) is 0 Å². The number of hydrogen-bond acceptors (Lipinski definition) is 6. The molecule has 5 rings (SSSR count). The highest BCUT2D eigenvalue weighted by atomic mass is 19.1. The first-order chi connectivity index (χ1) is 16.9. The Hall–Kier alpha value is -3.17. The number of fused-ring (bicyclic) bond motifs is 1. The minimum Gasteiger partial charge on any atom is -0.444 e. The molecule has 9 nitrogen and oxygen atoms in total. The number of benzene rings is 1. The summed E-state index contributed by atoms with van der Waals surface area (Å²) in [6, 6.07) is 3.34. The van der Waals surface area contributed by atoms with Crippen molar-refractivity contribution in [3.05, 3.63) is 23.6 Å². The van der Waals surface area contributed by atoms with Crippen LogP contribution in [0.5, 0.6) is 0 Å². The Kier molecular flexibility index (Phi) is 5.95. The number of anilines is 1. The van der Waals surface area contributed by atoms with Crippen molar-refractivity contribution in [1.82, 2.24) is 20.0 Å². The van der Waals surface area contributed by atoms with E-state index in [1.807, 2.05) is 20.8 Å². The van der Waals surface area contributed by atoms with Crippen molar-refractivity contribution in [3.63, 3.8) is 0 Å². The van der Waals surface area contributed by atoms with Crippen molar-refractivity contribution in [2.45, 2.75) is 76.9 Å². The molecule has 10 heteroatoms. The third-order valence-corrected chi connectivity index (χ3v) is 7.65. The van der Waals surface area contributed by atoms with Crippen LogP contribution >= 0.6 is 0 Å². The molecule has 194 valence electrons. The molecule has 2 aliphatic heterocycles. The normalized spacial score (nSPS) is 22.5. The highest BCUT2D eigenvalue weighted by molar-refractivity contribution is 6.02. The van der Waals surface area contributed by atoms with Crippen molar-refractivity contribution in [1.29, 1.82) is 0 Å². The van der Waals surface area contributed by atoms with E-state index >= 15 is 4.39 Å². The molecule has 1 saturated carbocycles. The number of nitrogens with one attached hydrogen (secondary N) is 2. The maximum Gasteiger partial charge on any atom is 0.410 e. The maximum atomic E-state index is 15.2. The topological polar surface area (TPSA) is 106 Å². The van der Waals surface area contributed by atoms with Crippen LogP contribution in [-0.4, -0.2) is 57.3 Å². The van der Waals surface area contributed by atoms with Gasteiger partial charge in [-0.3, -0.25) is 19.6 Å². The average molecular weight is 500 g/mol.